The number of halogens is 3. The molecule has 1 atom stereocenters. The van der Waals surface area contributed by atoms with Gasteiger partial charge in [-0.15, -0.1) is 0 Å². The fourth-order valence-electron chi connectivity index (χ4n) is 4.88. The van der Waals surface area contributed by atoms with Gasteiger partial charge in [-0.3, -0.25) is 0 Å². The number of hydrogen-bond acceptors (Lipinski definition) is 7. The van der Waals surface area contributed by atoms with E-state index in [1.807, 2.05) is 20.8 Å². The summed E-state index contributed by atoms with van der Waals surface area (Å²) in [5.74, 6) is 0.325. The number of hydrogen-bond donors (Lipinski definition) is 2. The molecule has 2 aliphatic rings. The molecule has 4 rings (SSSR count). The van der Waals surface area contributed by atoms with Crippen LogP contribution in [0.4, 0.5) is 29.5 Å². The van der Waals surface area contributed by atoms with Crippen LogP contribution in [0, 0.1) is 0 Å². The molecular formula is C27H36F3N5O4S. The van der Waals surface area contributed by atoms with Gasteiger partial charge < -0.3 is 20.3 Å². The van der Waals surface area contributed by atoms with Gasteiger partial charge in [0.2, 0.25) is 10.0 Å². The van der Waals surface area contributed by atoms with Crippen molar-refractivity contribution in [2.75, 3.05) is 36.4 Å². The fraction of sp³-hybridized carbons (Fsp3) is 0.556. The number of nitrogens with zero attached hydrogens (tertiary/aromatic N) is 3. The highest BCUT2D eigenvalue weighted by Crippen LogP contribution is 2.30. The molecule has 40 heavy (non-hydrogen) atoms. The van der Waals surface area contributed by atoms with Crippen molar-refractivity contribution in [2.24, 2.45) is 0 Å². The summed E-state index contributed by atoms with van der Waals surface area (Å²) in [5, 5.41) is 6.02. The molecule has 2 N–H and O–H groups in total. The Morgan fingerprint density at radius 2 is 1.65 bits per heavy atom. The van der Waals surface area contributed by atoms with Gasteiger partial charge in [-0.25, -0.2) is 18.2 Å². The Hall–Kier alpha value is -3.06. The first kappa shape index (κ1) is 29.9. The summed E-state index contributed by atoms with van der Waals surface area (Å²) in [6, 6.07) is 8.86. The molecule has 9 nitrogen and oxygen atoms in total. The molecule has 13 heteroatoms. The van der Waals surface area contributed by atoms with Gasteiger partial charge in [0.1, 0.15) is 11.4 Å². The second-order valence-corrected chi connectivity index (χ2v) is 13.1. The number of nitrogens with one attached hydrogen (secondary N) is 2. The monoisotopic (exact) mass is 583 g/mol. The van der Waals surface area contributed by atoms with E-state index in [0.717, 1.165) is 37.3 Å². The minimum atomic E-state index is -4.45. The normalized spacial score (nSPS) is 19.8. The molecule has 1 amide bonds. The van der Waals surface area contributed by atoms with Crippen LogP contribution in [0.1, 0.15) is 52.0 Å². The molecule has 1 aromatic carbocycles. The number of sulfonamides is 1. The lowest BCUT2D eigenvalue weighted by Crippen LogP contribution is -2.49. The van der Waals surface area contributed by atoms with Crippen LogP contribution in [0.25, 0.3) is 0 Å². The molecule has 0 radical (unpaired) electrons. The average molecular weight is 584 g/mol. The van der Waals surface area contributed by atoms with Crippen LogP contribution < -0.4 is 15.5 Å². The number of carbonyl (C=O) groups is 1. The minimum absolute atomic E-state index is 0.0697. The number of ether oxygens (including phenoxy) is 1. The molecule has 0 spiro atoms. The van der Waals surface area contributed by atoms with Gasteiger partial charge in [-0.05, 0) is 82.9 Å². The summed E-state index contributed by atoms with van der Waals surface area (Å²) in [5.41, 5.74) is -0.515. The van der Waals surface area contributed by atoms with Crippen LogP contribution >= 0.6 is 0 Å². The topological polar surface area (TPSA) is 104 Å². The van der Waals surface area contributed by atoms with Crippen LogP contribution in [0.2, 0.25) is 0 Å². The van der Waals surface area contributed by atoms with Crippen molar-refractivity contribution in [2.45, 2.75) is 75.2 Å². The Morgan fingerprint density at radius 1 is 0.975 bits per heavy atom. The highest BCUT2D eigenvalue weighted by Gasteiger charge is 2.32. The van der Waals surface area contributed by atoms with Crippen molar-refractivity contribution in [3.8, 4) is 0 Å². The molecule has 0 aliphatic carbocycles. The van der Waals surface area contributed by atoms with Crippen molar-refractivity contribution in [3.05, 3.63) is 48.2 Å². The quantitative estimate of drug-likeness (QED) is 0.501. The van der Waals surface area contributed by atoms with Crippen LogP contribution in [0.3, 0.4) is 0 Å². The van der Waals surface area contributed by atoms with Crippen LogP contribution in [0.15, 0.2) is 47.5 Å². The first-order chi connectivity index (χ1) is 18.7. The SMILES string of the molecule is CC(C)(C)OC(=O)N[C@@H]1CCCN(c2ccc(S(=O)(=O)N3CCC(Nc4ccc(C(F)(F)F)cn4)CC3)cc2)C1. The largest absolute Gasteiger partial charge is 0.444 e. The maximum absolute atomic E-state index is 13.3. The molecule has 0 unspecified atom stereocenters. The summed E-state index contributed by atoms with van der Waals surface area (Å²) in [7, 11) is -3.70. The number of alkyl carbamates (subject to hydrolysis) is 1. The zero-order valence-electron chi connectivity index (χ0n) is 22.9. The molecule has 2 saturated heterocycles. The predicted molar refractivity (Wildman–Crippen MR) is 146 cm³/mol. The summed E-state index contributed by atoms with van der Waals surface area (Å²) in [6.07, 6.45) is -1.39. The number of piperidine rings is 2. The standard InChI is InChI=1S/C27H36F3N5O4S/c1-26(2,3)39-25(36)33-21-5-4-14-34(18-21)22-7-9-23(10-8-22)40(37,38)35-15-12-20(13-16-35)32-24-11-6-19(17-31-24)27(28,29)30/h6-11,17,20-21H,4-5,12-16,18H2,1-3H3,(H,31,32)(H,33,36)/t21-/m1/s1. The van der Waals surface area contributed by atoms with E-state index in [1.165, 1.54) is 10.4 Å². The first-order valence-electron chi connectivity index (χ1n) is 13.4. The Balaban J connectivity index is 1.30. The maximum Gasteiger partial charge on any atom is 0.417 e. The number of benzene rings is 1. The zero-order valence-corrected chi connectivity index (χ0v) is 23.7. The Bertz CT molecular complexity index is 1260. The predicted octanol–water partition coefficient (Wildman–Crippen LogP) is 4.86. The maximum atomic E-state index is 13.3. The van der Waals surface area contributed by atoms with Gasteiger partial charge in [0.25, 0.3) is 0 Å². The Morgan fingerprint density at radius 3 is 2.23 bits per heavy atom. The number of carbonyl (C=O) groups excluding carboxylic acids is 1. The minimum Gasteiger partial charge on any atom is -0.444 e. The van der Waals surface area contributed by atoms with Crippen molar-refractivity contribution in [1.82, 2.24) is 14.6 Å². The van der Waals surface area contributed by atoms with Gasteiger partial charge >= 0.3 is 12.3 Å². The Kier molecular flexibility index (Phi) is 8.83. The van der Waals surface area contributed by atoms with Gasteiger partial charge in [0.15, 0.2) is 0 Å². The van der Waals surface area contributed by atoms with E-state index in [4.69, 9.17) is 4.74 Å². The molecule has 3 heterocycles. The van der Waals surface area contributed by atoms with Crippen molar-refractivity contribution >= 4 is 27.6 Å². The van der Waals surface area contributed by atoms with E-state index >= 15 is 0 Å². The number of pyridine rings is 1. The van der Waals surface area contributed by atoms with Gasteiger partial charge in [-0.1, -0.05) is 0 Å². The molecular weight excluding hydrogens is 547 g/mol. The lowest BCUT2D eigenvalue weighted by Gasteiger charge is -2.35. The average Bonchev–Trinajstić information content (AvgIpc) is 2.88. The Labute approximate surface area is 233 Å². The van der Waals surface area contributed by atoms with E-state index in [-0.39, 0.29) is 30.1 Å². The number of aromatic nitrogens is 1. The van der Waals surface area contributed by atoms with Crippen LogP contribution in [0.5, 0.6) is 0 Å². The van der Waals surface area contributed by atoms with Crippen molar-refractivity contribution < 1.29 is 31.1 Å². The molecule has 0 bridgehead atoms. The lowest BCUT2D eigenvalue weighted by molar-refractivity contribution is -0.137. The number of anilines is 2. The molecule has 1 aromatic heterocycles. The first-order valence-corrected chi connectivity index (χ1v) is 14.8. The second kappa shape index (κ2) is 11.8. The number of rotatable bonds is 6. The smallest absolute Gasteiger partial charge is 0.417 e. The molecule has 0 saturated carbocycles. The van der Waals surface area contributed by atoms with Crippen LogP contribution in [-0.2, 0) is 20.9 Å². The summed E-state index contributed by atoms with van der Waals surface area (Å²) in [6.45, 7) is 7.41. The van der Waals surface area contributed by atoms with E-state index in [9.17, 15) is 26.4 Å². The van der Waals surface area contributed by atoms with E-state index < -0.39 is 33.5 Å². The van der Waals surface area contributed by atoms with Crippen LogP contribution in [-0.4, -0.2) is 67.7 Å². The number of alkyl halides is 3. The zero-order chi connectivity index (χ0) is 29.1. The summed E-state index contributed by atoms with van der Waals surface area (Å²) >= 11 is 0. The molecule has 2 aliphatic heterocycles. The van der Waals surface area contributed by atoms with E-state index in [2.05, 4.69) is 20.5 Å². The number of amides is 1. The highest BCUT2D eigenvalue weighted by atomic mass is 32.2. The third-order valence-corrected chi connectivity index (χ3v) is 8.79. The third-order valence-electron chi connectivity index (χ3n) is 6.88. The van der Waals surface area contributed by atoms with Gasteiger partial charge in [0, 0.05) is 50.1 Å². The fourth-order valence-corrected chi connectivity index (χ4v) is 6.35. The second-order valence-electron chi connectivity index (χ2n) is 11.2. The summed E-state index contributed by atoms with van der Waals surface area (Å²) < 4.78 is 71.6. The molecule has 220 valence electrons. The summed E-state index contributed by atoms with van der Waals surface area (Å²) in [4.78, 5) is 18.3. The third kappa shape index (κ3) is 7.78. The van der Waals surface area contributed by atoms with Gasteiger partial charge in [-0.2, -0.15) is 17.5 Å². The van der Waals surface area contributed by atoms with E-state index in [0.29, 0.717) is 25.2 Å². The molecule has 2 aromatic rings. The van der Waals surface area contributed by atoms with Gasteiger partial charge in [0.05, 0.1) is 10.5 Å². The van der Waals surface area contributed by atoms with Crippen molar-refractivity contribution in [3.63, 3.8) is 0 Å². The lowest BCUT2D eigenvalue weighted by atomic mass is 10.1. The van der Waals surface area contributed by atoms with E-state index in [1.54, 1.807) is 24.3 Å². The molecule has 2 fully saturated rings. The highest BCUT2D eigenvalue weighted by molar-refractivity contribution is 7.89. The van der Waals surface area contributed by atoms with Crippen molar-refractivity contribution in [1.29, 1.82) is 0 Å².